The Morgan fingerprint density at radius 1 is 1.00 bits per heavy atom. The maximum Gasteiger partial charge on any atom is 0.339 e. The number of rotatable bonds is 3. The van der Waals surface area contributed by atoms with E-state index in [4.69, 9.17) is 20.2 Å². The number of fused-ring (bicyclic) bond motifs is 1. The summed E-state index contributed by atoms with van der Waals surface area (Å²) in [5.41, 5.74) is -0.209. The molecule has 0 N–H and O–H groups in total. The van der Waals surface area contributed by atoms with Crippen LogP contribution in [0.4, 0.5) is 0 Å². The first kappa shape index (κ1) is 14.6. The average molecular weight is 337 g/mol. The topological polar surface area (TPSA) is 73.6 Å². The molecule has 0 fully saturated rings. The molecule has 0 aliphatic rings. The van der Waals surface area contributed by atoms with Crippen LogP contribution in [0.2, 0.25) is 5.02 Å². The first-order valence-electron chi connectivity index (χ1n) is 6.19. The van der Waals surface area contributed by atoms with Crippen LogP contribution in [-0.2, 0) is 10.1 Å². The van der Waals surface area contributed by atoms with E-state index in [-0.39, 0.29) is 15.7 Å². The highest BCUT2D eigenvalue weighted by molar-refractivity contribution is 7.87. The lowest BCUT2D eigenvalue weighted by molar-refractivity contribution is 0.486. The van der Waals surface area contributed by atoms with Crippen molar-refractivity contribution < 1.29 is 17.0 Å². The van der Waals surface area contributed by atoms with Crippen LogP contribution in [0.1, 0.15) is 0 Å². The van der Waals surface area contributed by atoms with Crippen LogP contribution in [0, 0.1) is 0 Å². The predicted octanol–water partition coefficient (Wildman–Crippen LogP) is 3.21. The fourth-order valence-corrected chi connectivity index (χ4v) is 3.09. The largest absolute Gasteiger partial charge is 0.423 e. The van der Waals surface area contributed by atoms with Crippen LogP contribution in [-0.4, -0.2) is 8.42 Å². The number of hydrogen-bond donors (Lipinski definition) is 0. The maximum absolute atomic E-state index is 12.3. The zero-order valence-corrected chi connectivity index (χ0v) is 12.6. The van der Waals surface area contributed by atoms with Gasteiger partial charge in [-0.1, -0.05) is 23.7 Å². The van der Waals surface area contributed by atoms with E-state index in [9.17, 15) is 13.2 Å². The second-order valence-electron chi connectivity index (χ2n) is 4.42. The summed E-state index contributed by atoms with van der Waals surface area (Å²) in [6.07, 6.45) is 0. The molecular formula is C15H9ClO5S. The summed E-state index contributed by atoms with van der Waals surface area (Å²) >= 11 is 5.89. The molecule has 0 atom stereocenters. The molecule has 0 aliphatic carbocycles. The number of benzene rings is 2. The number of para-hydroxylation sites is 1. The van der Waals surface area contributed by atoms with Crippen molar-refractivity contribution in [3.05, 3.63) is 70.0 Å². The molecule has 0 spiro atoms. The second-order valence-corrected chi connectivity index (χ2v) is 6.38. The molecule has 0 saturated carbocycles. The minimum atomic E-state index is -4.04. The van der Waals surface area contributed by atoms with Gasteiger partial charge in [0, 0.05) is 11.5 Å². The predicted molar refractivity (Wildman–Crippen MR) is 81.7 cm³/mol. The number of hydrogen-bond acceptors (Lipinski definition) is 5. The Balaban J connectivity index is 2.04. The second kappa shape index (κ2) is 5.47. The Labute approximate surface area is 130 Å². The molecule has 0 radical (unpaired) electrons. The minimum absolute atomic E-state index is 0.0452. The van der Waals surface area contributed by atoms with Crippen molar-refractivity contribution in [1.82, 2.24) is 0 Å². The molecule has 112 valence electrons. The molecule has 5 nitrogen and oxygen atoms in total. The zero-order valence-electron chi connectivity index (χ0n) is 11.0. The monoisotopic (exact) mass is 336 g/mol. The summed E-state index contributed by atoms with van der Waals surface area (Å²) in [6.45, 7) is 0. The van der Waals surface area contributed by atoms with Gasteiger partial charge in [-0.3, -0.25) is 0 Å². The van der Waals surface area contributed by atoms with E-state index in [0.29, 0.717) is 11.0 Å². The van der Waals surface area contributed by atoms with Crippen LogP contribution >= 0.6 is 11.6 Å². The van der Waals surface area contributed by atoms with Crippen molar-refractivity contribution >= 4 is 32.7 Å². The van der Waals surface area contributed by atoms with Gasteiger partial charge in [0.1, 0.15) is 10.5 Å². The molecule has 22 heavy (non-hydrogen) atoms. The smallest absolute Gasteiger partial charge is 0.339 e. The Morgan fingerprint density at radius 2 is 1.77 bits per heavy atom. The van der Waals surface area contributed by atoms with E-state index >= 15 is 0 Å². The van der Waals surface area contributed by atoms with Crippen molar-refractivity contribution in [3.63, 3.8) is 0 Å². The molecule has 0 saturated heterocycles. The van der Waals surface area contributed by atoms with E-state index in [1.54, 1.807) is 12.1 Å². The van der Waals surface area contributed by atoms with Gasteiger partial charge in [-0.2, -0.15) is 8.42 Å². The van der Waals surface area contributed by atoms with Gasteiger partial charge in [0.25, 0.3) is 0 Å². The SMILES string of the molecule is O=c1ccc2cc(S(=O)(=O)Oc3ccccc3Cl)ccc2o1. The Bertz CT molecular complexity index is 1010. The lowest BCUT2D eigenvalue weighted by Crippen LogP contribution is -2.10. The fraction of sp³-hybridized carbons (Fsp3) is 0. The standard InChI is InChI=1S/C15H9ClO5S/c16-12-3-1-2-4-14(12)21-22(18,19)11-6-7-13-10(9-11)5-8-15(17)20-13/h1-9H. The van der Waals surface area contributed by atoms with E-state index < -0.39 is 15.7 Å². The van der Waals surface area contributed by atoms with Gasteiger partial charge >= 0.3 is 15.7 Å². The van der Waals surface area contributed by atoms with E-state index in [0.717, 1.165) is 0 Å². The maximum atomic E-state index is 12.3. The van der Waals surface area contributed by atoms with Gasteiger partial charge in [0.15, 0.2) is 5.75 Å². The van der Waals surface area contributed by atoms with Crippen LogP contribution in [0.15, 0.2) is 68.7 Å². The molecule has 0 amide bonds. The van der Waals surface area contributed by atoms with Crippen LogP contribution in [0.5, 0.6) is 5.75 Å². The van der Waals surface area contributed by atoms with Crippen molar-refractivity contribution in [2.24, 2.45) is 0 Å². The van der Waals surface area contributed by atoms with Crippen LogP contribution in [0.25, 0.3) is 11.0 Å². The third kappa shape index (κ3) is 2.84. The summed E-state index contributed by atoms with van der Waals surface area (Å²) in [6, 6.07) is 13.0. The minimum Gasteiger partial charge on any atom is -0.423 e. The lowest BCUT2D eigenvalue weighted by Gasteiger charge is -2.08. The Hall–Kier alpha value is -2.31. The molecule has 3 rings (SSSR count). The van der Waals surface area contributed by atoms with Crippen molar-refractivity contribution in [2.45, 2.75) is 4.90 Å². The van der Waals surface area contributed by atoms with Gasteiger partial charge in [0.05, 0.1) is 5.02 Å². The summed E-state index contributed by atoms with van der Waals surface area (Å²) in [7, 11) is -4.04. The van der Waals surface area contributed by atoms with Gasteiger partial charge < -0.3 is 8.60 Å². The molecule has 1 aromatic heterocycles. The quantitative estimate of drug-likeness (QED) is 0.542. The van der Waals surface area contributed by atoms with Crippen LogP contribution in [0.3, 0.4) is 0 Å². The summed E-state index contributed by atoms with van der Waals surface area (Å²) in [5.74, 6) is 0.0452. The molecule has 2 aromatic carbocycles. The highest BCUT2D eigenvalue weighted by Crippen LogP contribution is 2.27. The lowest BCUT2D eigenvalue weighted by atomic mass is 10.2. The molecule has 1 heterocycles. The third-order valence-corrected chi connectivity index (χ3v) is 4.46. The number of halogens is 1. The van der Waals surface area contributed by atoms with Gasteiger partial charge in [-0.25, -0.2) is 4.79 Å². The molecule has 3 aromatic rings. The van der Waals surface area contributed by atoms with Crippen molar-refractivity contribution in [2.75, 3.05) is 0 Å². The van der Waals surface area contributed by atoms with Gasteiger partial charge in [-0.15, -0.1) is 0 Å². The van der Waals surface area contributed by atoms with E-state index in [1.165, 1.54) is 42.5 Å². The van der Waals surface area contributed by atoms with E-state index in [2.05, 4.69) is 0 Å². The molecule has 0 bridgehead atoms. The Kier molecular flexibility index (Phi) is 3.64. The normalized spacial score (nSPS) is 11.5. The summed E-state index contributed by atoms with van der Waals surface area (Å²) < 4.78 is 34.6. The fourth-order valence-electron chi connectivity index (χ4n) is 1.88. The van der Waals surface area contributed by atoms with Crippen molar-refractivity contribution in [3.8, 4) is 5.75 Å². The molecule has 0 unspecified atom stereocenters. The molecule has 7 heteroatoms. The molecule has 0 aliphatic heterocycles. The van der Waals surface area contributed by atoms with Gasteiger partial charge in [0.2, 0.25) is 0 Å². The summed E-state index contributed by atoms with van der Waals surface area (Å²) in [4.78, 5) is 11.1. The first-order chi connectivity index (χ1) is 10.5. The van der Waals surface area contributed by atoms with Crippen molar-refractivity contribution in [1.29, 1.82) is 0 Å². The highest BCUT2D eigenvalue weighted by atomic mass is 35.5. The average Bonchev–Trinajstić information content (AvgIpc) is 2.49. The summed E-state index contributed by atoms with van der Waals surface area (Å²) in [5, 5.41) is 0.668. The molecular weight excluding hydrogens is 328 g/mol. The Morgan fingerprint density at radius 3 is 2.55 bits per heavy atom. The third-order valence-electron chi connectivity index (χ3n) is 2.92. The van der Waals surface area contributed by atoms with E-state index in [1.807, 2.05) is 0 Å². The van der Waals surface area contributed by atoms with Crippen LogP contribution < -0.4 is 9.81 Å². The van der Waals surface area contributed by atoms with Gasteiger partial charge in [-0.05, 0) is 36.4 Å². The highest BCUT2D eigenvalue weighted by Gasteiger charge is 2.18. The zero-order chi connectivity index (χ0) is 15.7. The first-order valence-corrected chi connectivity index (χ1v) is 7.97.